The Kier molecular flexibility index (Phi) is 1.28. The number of hydrogen-bond acceptors (Lipinski definition) is 2. The van der Waals surface area contributed by atoms with E-state index in [0.717, 1.165) is 0 Å². The molecule has 0 radical (unpaired) electrons. The predicted octanol–water partition coefficient (Wildman–Crippen LogP) is 0.898. The van der Waals surface area contributed by atoms with E-state index < -0.39 is 0 Å². The first kappa shape index (κ1) is 5.28. The zero-order valence-corrected chi connectivity index (χ0v) is 4.52. The van der Waals surface area contributed by atoms with Gasteiger partial charge in [-0.1, -0.05) is 0 Å². The van der Waals surface area contributed by atoms with E-state index in [4.69, 9.17) is 0 Å². The molecule has 0 bridgehead atoms. The number of aliphatic imine (C=N–C) groups is 1. The molecule has 3 heteroatoms. The largest absolute Gasteiger partial charge is 0.479 e. The van der Waals surface area contributed by atoms with Crippen molar-refractivity contribution in [2.45, 2.75) is 0 Å². The molecule has 2 nitrogen and oxygen atoms in total. The molecule has 0 unspecified atom stereocenters. The van der Waals surface area contributed by atoms with Gasteiger partial charge in [0.1, 0.15) is 0 Å². The summed E-state index contributed by atoms with van der Waals surface area (Å²) in [6, 6.07) is 0. The van der Waals surface area contributed by atoms with Crippen molar-refractivity contribution in [3.05, 3.63) is 11.9 Å². The maximum absolute atomic E-state index is 12.2. The molecule has 44 valence electrons. The highest BCUT2D eigenvalue weighted by Gasteiger charge is 2.09. The van der Waals surface area contributed by atoms with Crippen molar-refractivity contribution in [2.75, 3.05) is 13.7 Å². The summed E-state index contributed by atoms with van der Waals surface area (Å²) in [6.07, 6.45) is 1.37. The average Bonchev–Trinajstić information content (AvgIpc) is 2.14. The topological polar surface area (TPSA) is 21.6 Å². The van der Waals surface area contributed by atoms with Crippen molar-refractivity contribution in [2.24, 2.45) is 4.99 Å². The molecule has 0 spiro atoms. The summed E-state index contributed by atoms with van der Waals surface area (Å²) in [6.45, 7) is 0.412. The van der Waals surface area contributed by atoms with Crippen molar-refractivity contribution in [3.63, 3.8) is 0 Å². The standard InChI is InChI=1S/C5H6FNO/c1-8-5-4(6)2-3-7-5/h2H,3H2,1H3. The first-order chi connectivity index (χ1) is 3.84. The number of nitrogens with zero attached hydrogens (tertiary/aromatic N) is 1. The lowest BCUT2D eigenvalue weighted by Gasteiger charge is -1.92. The zero-order chi connectivity index (χ0) is 5.98. The van der Waals surface area contributed by atoms with Gasteiger partial charge in [0.05, 0.1) is 13.7 Å². The Morgan fingerprint density at radius 2 is 2.62 bits per heavy atom. The molecule has 1 aliphatic heterocycles. The Hall–Kier alpha value is -0.860. The van der Waals surface area contributed by atoms with Crippen LogP contribution in [0.4, 0.5) is 4.39 Å². The maximum atomic E-state index is 12.2. The molecule has 0 amide bonds. The molecule has 1 heterocycles. The summed E-state index contributed by atoms with van der Waals surface area (Å²) >= 11 is 0. The smallest absolute Gasteiger partial charge is 0.245 e. The number of methoxy groups -OCH3 is 1. The van der Waals surface area contributed by atoms with Gasteiger partial charge in [0, 0.05) is 0 Å². The van der Waals surface area contributed by atoms with Crippen LogP contribution in [0.2, 0.25) is 0 Å². The van der Waals surface area contributed by atoms with Gasteiger partial charge in [-0.05, 0) is 6.08 Å². The van der Waals surface area contributed by atoms with E-state index in [9.17, 15) is 4.39 Å². The van der Waals surface area contributed by atoms with Crippen LogP contribution >= 0.6 is 0 Å². The van der Waals surface area contributed by atoms with Gasteiger partial charge in [-0.3, -0.25) is 0 Å². The van der Waals surface area contributed by atoms with E-state index >= 15 is 0 Å². The van der Waals surface area contributed by atoms with E-state index in [1.807, 2.05) is 0 Å². The highest BCUT2D eigenvalue weighted by Crippen LogP contribution is 2.06. The second-order valence-electron chi connectivity index (χ2n) is 1.40. The fourth-order valence-corrected chi connectivity index (χ4v) is 0.534. The van der Waals surface area contributed by atoms with Crippen LogP contribution < -0.4 is 0 Å². The quantitative estimate of drug-likeness (QED) is 0.459. The average molecular weight is 115 g/mol. The van der Waals surface area contributed by atoms with E-state index in [2.05, 4.69) is 9.73 Å². The Bertz CT molecular complexity index is 151. The van der Waals surface area contributed by atoms with Gasteiger partial charge in [0.2, 0.25) is 5.90 Å². The Morgan fingerprint density at radius 3 is 2.88 bits per heavy atom. The van der Waals surface area contributed by atoms with Gasteiger partial charge >= 0.3 is 0 Å². The fraction of sp³-hybridized carbons (Fsp3) is 0.400. The lowest BCUT2D eigenvalue weighted by molar-refractivity contribution is 0.392. The molecule has 0 aliphatic carbocycles. The van der Waals surface area contributed by atoms with Crippen LogP contribution in [0.15, 0.2) is 16.9 Å². The summed E-state index contributed by atoms with van der Waals surface area (Å²) in [7, 11) is 1.40. The third kappa shape index (κ3) is 0.710. The van der Waals surface area contributed by atoms with Crippen molar-refractivity contribution < 1.29 is 9.13 Å². The minimum atomic E-state index is -0.354. The minimum Gasteiger partial charge on any atom is -0.479 e. The molecule has 0 aromatic rings. The lowest BCUT2D eigenvalue weighted by Crippen LogP contribution is -1.96. The van der Waals surface area contributed by atoms with Crippen LogP contribution in [0, 0.1) is 0 Å². The summed E-state index contributed by atoms with van der Waals surface area (Å²) < 4.78 is 16.7. The molecule has 1 rings (SSSR count). The Balaban J connectivity index is 2.66. The molecule has 0 aromatic heterocycles. The summed E-state index contributed by atoms with van der Waals surface area (Å²) in [5.74, 6) is -0.238. The molecule has 0 fully saturated rings. The van der Waals surface area contributed by atoms with Gasteiger partial charge in [-0.2, -0.15) is 0 Å². The van der Waals surface area contributed by atoms with Crippen LogP contribution in [0.5, 0.6) is 0 Å². The van der Waals surface area contributed by atoms with Crippen molar-refractivity contribution in [3.8, 4) is 0 Å². The van der Waals surface area contributed by atoms with Gasteiger partial charge in [0.15, 0.2) is 5.83 Å². The number of rotatable bonds is 0. The molecule has 8 heavy (non-hydrogen) atoms. The normalized spacial score (nSPS) is 17.8. The summed E-state index contributed by atoms with van der Waals surface area (Å²) in [5, 5.41) is 0. The van der Waals surface area contributed by atoms with Gasteiger partial charge in [0.25, 0.3) is 0 Å². The van der Waals surface area contributed by atoms with E-state index in [1.165, 1.54) is 13.2 Å². The van der Waals surface area contributed by atoms with Crippen molar-refractivity contribution in [1.82, 2.24) is 0 Å². The van der Waals surface area contributed by atoms with Gasteiger partial charge in [-0.15, -0.1) is 0 Å². The molecule has 0 aromatic carbocycles. The zero-order valence-electron chi connectivity index (χ0n) is 4.52. The van der Waals surface area contributed by atoms with Crippen LogP contribution in [0.25, 0.3) is 0 Å². The predicted molar refractivity (Wildman–Crippen MR) is 28.5 cm³/mol. The van der Waals surface area contributed by atoms with Crippen LogP contribution in [-0.4, -0.2) is 19.6 Å². The highest BCUT2D eigenvalue weighted by molar-refractivity contribution is 5.92. The SMILES string of the molecule is COC1=NCC=C1F. The lowest BCUT2D eigenvalue weighted by atomic mass is 10.5. The molecule has 0 saturated heterocycles. The third-order valence-electron chi connectivity index (χ3n) is 0.903. The molecule has 0 N–H and O–H groups in total. The molecule has 0 atom stereocenters. The summed E-state index contributed by atoms with van der Waals surface area (Å²) in [5.41, 5.74) is 0. The number of ether oxygens (including phenoxy) is 1. The van der Waals surface area contributed by atoms with E-state index in [0.29, 0.717) is 6.54 Å². The second kappa shape index (κ2) is 1.94. The third-order valence-corrected chi connectivity index (χ3v) is 0.903. The molecule has 0 saturated carbocycles. The van der Waals surface area contributed by atoms with Gasteiger partial charge < -0.3 is 4.74 Å². The monoisotopic (exact) mass is 115 g/mol. The highest BCUT2D eigenvalue weighted by atomic mass is 19.1. The van der Waals surface area contributed by atoms with E-state index in [-0.39, 0.29) is 11.7 Å². The van der Waals surface area contributed by atoms with E-state index in [1.54, 1.807) is 0 Å². The van der Waals surface area contributed by atoms with Crippen molar-refractivity contribution in [1.29, 1.82) is 0 Å². The maximum Gasteiger partial charge on any atom is 0.245 e. The van der Waals surface area contributed by atoms with Crippen LogP contribution in [0.1, 0.15) is 0 Å². The minimum absolute atomic E-state index is 0.116. The van der Waals surface area contributed by atoms with Crippen molar-refractivity contribution >= 4 is 5.90 Å². The Labute approximate surface area is 46.7 Å². The first-order valence-corrected chi connectivity index (χ1v) is 2.29. The molecule has 1 aliphatic rings. The number of halogens is 1. The second-order valence-corrected chi connectivity index (χ2v) is 1.40. The number of hydrogen-bond donors (Lipinski definition) is 0. The molecular weight excluding hydrogens is 109 g/mol. The summed E-state index contributed by atoms with van der Waals surface area (Å²) in [4.78, 5) is 3.66. The van der Waals surface area contributed by atoms with Crippen LogP contribution in [-0.2, 0) is 4.74 Å². The fourth-order valence-electron chi connectivity index (χ4n) is 0.534. The van der Waals surface area contributed by atoms with Crippen LogP contribution in [0.3, 0.4) is 0 Å². The first-order valence-electron chi connectivity index (χ1n) is 2.29. The molecular formula is C5H6FNO. The Morgan fingerprint density at radius 1 is 1.88 bits per heavy atom. The van der Waals surface area contributed by atoms with Gasteiger partial charge in [-0.25, -0.2) is 9.38 Å².